The fraction of sp³-hybridized carbons (Fsp3) is 0.125. The maximum Gasteiger partial charge on any atom is 0.335 e. The average Bonchev–Trinajstić information content (AvgIpc) is 3.22. The lowest BCUT2D eigenvalue weighted by Gasteiger charge is -2.08. The highest BCUT2D eigenvalue weighted by Crippen LogP contribution is 2.22. The molecule has 2 heterocycles. The quantitative estimate of drug-likeness (QED) is 0.759. The molecule has 1 aliphatic heterocycles. The van der Waals surface area contributed by atoms with Crippen molar-refractivity contribution in [3.63, 3.8) is 0 Å². The zero-order valence-corrected chi connectivity index (χ0v) is 13.9. The lowest BCUT2D eigenvalue weighted by atomic mass is 10.1. The van der Waals surface area contributed by atoms with E-state index in [2.05, 4.69) is 10.8 Å². The van der Waals surface area contributed by atoms with Crippen LogP contribution in [-0.2, 0) is 4.84 Å². The Morgan fingerprint density at radius 2 is 2.00 bits per heavy atom. The zero-order valence-electron chi connectivity index (χ0n) is 12.3. The first-order chi connectivity index (χ1) is 11.5. The third-order valence-corrected chi connectivity index (χ3v) is 4.61. The van der Waals surface area contributed by atoms with E-state index in [9.17, 15) is 9.59 Å². The Bertz CT molecular complexity index is 801. The molecule has 24 heavy (non-hydrogen) atoms. The lowest BCUT2D eigenvalue weighted by molar-refractivity contribution is 0.0499. The molecule has 1 atom stereocenters. The maximum atomic E-state index is 12.0. The van der Waals surface area contributed by atoms with Crippen LogP contribution in [-0.4, -0.2) is 29.6 Å². The van der Waals surface area contributed by atoms with Crippen molar-refractivity contribution in [3.05, 3.63) is 62.8 Å². The van der Waals surface area contributed by atoms with E-state index in [-0.39, 0.29) is 17.6 Å². The fourth-order valence-electron chi connectivity index (χ4n) is 2.16. The van der Waals surface area contributed by atoms with Crippen molar-refractivity contribution in [1.29, 1.82) is 0 Å². The van der Waals surface area contributed by atoms with Gasteiger partial charge in [0, 0.05) is 0 Å². The summed E-state index contributed by atoms with van der Waals surface area (Å²) in [5.41, 5.74) is 4.53. The molecule has 1 amide bonds. The van der Waals surface area contributed by atoms with Gasteiger partial charge in [-0.3, -0.25) is 15.1 Å². The minimum Gasteiger partial charge on any atom is -0.478 e. The van der Waals surface area contributed by atoms with E-state index < -0.39 is 5.97 Å². The summed E-state index contributed by atoms with van der Waals surface area (Å²) < 4.78 is 0.561. The van der Waals surface area contributed by atoms with Crippen LogP contribution in [0.3, 0.4) is 0 Å². The number of amides is 1. The number of hydrogen-bond donors (Lipinski definition) is 3. The monoisotopic (exact) mass is 364 g/mol. The number of carboxylic acids is 1. The van der Waals surface area contributed by atoms with E-state index in [1.807, 2.05) is 6.08 Å². The van der Waals surface area contributed by atoms with Gasteiger partial charge in [-0.15, -0.1) is 11.3 Å². The summed E-state index contributed by atoms with van der Waals surface area (Å²) in [6, 6.07) is 9.78. The maximum absolute atomic E-state index is 12.0. The number of carboxylic acid groups (broad SMARTS) is 1. The van der Waals surface area contributed by atoms with Crippen molar-refractivity contribution in [3.8, 4) is 0 Å². The molecule has 1 aromatic heterocycles. The second-order valence-electron chi connectivity index (χ2n) is 5.03. The van der Waals surface area contributed by atoms with Crippen molar-refractivity contribution in [2.45, 2.75) is 6.10 Å². The molecule has 1 aromatic carbocycles. The summed E-state index contributed by atoms with van der Waals surface area (Å²) in [5.74, 6) is -1.18. The van der Waals surface area contributed by atoms with Gasteiger partial charge in [-0.1, -0.05) is 23.7 Å². The summed E-state index contributed by atoms with van der Waals surface area (Å²) in [6.45, 7) is 0.304. The van der Waals surface area contributed by atoms with Crippen LogP contribution < -0.4 is 10.8 Å². The van der Waals surface area contributed by atoms with Crippen LogP contribution in [0, 0.1) is 0 Å². The topological polar surface area (TPSA) is 87.7 Å². The third kappa shape index (κ3) is 3.76. The summed E-state index contributed by atoms with van der Waals surface area (Å²) in [6.07, 6.45) is 1.51. The van der Waals surface area contributed by atoms with E-state index in [1.54, 1.807) is 24.3 Å². The Morgan fingerprint density at radius 1 is 1.25 bits per heavy atom. The highest BCUT2D eigenvalue weighted by atomic mass is 35.5. The van der Waals surface area contributed by atoms with E-state index in [0.717, 1.165) is 11.3 Å². The highest BCUT2D eigenvalue weighted by molar-refractivity contribution is 7.17. The number of halogens is 1. The molecular weight excluding hydrogens is 352 g/mol. The summed E-state index contributed by atoms with van der Waals surface area (Å²) >= 11 is 7.02. The standard InChI is InChI=1S/C16H13ClN2O4S/c17-14-6-5-13(24-14)15(20)18-8-11-7-12(19-23-11)9-1-3-10(4-2-9)16(21)22/h1-7,11,19H,8H2,(H,18,20)(H,21,22). The Morgan fingerprint density at radius 3 is 2.62 bits per heavy atom. The van der Waals surface area contributed by atoms with Gasteiger partial charge >= 0.3 is 5.97 Å². The number of rotatable bonds is 5. The molecule has 0 fully saturated rings. The van der Waals surface area contributed by atoms with Gasteiger partial charge in [0.2, 0.25) is 0 Å². The first-order valence-corrected chi connectivity index (χ1v) is 8.23. The minimum absolute atomic E-state index is 0.205. The predicted octanol–water partition coefficient (Wildman–Crippen LogP) is 2.77. The molecule has 0 aliphatic carbocycles. The highest BCUT2D eigenvalue weighted by Gasteiger charge is 2.19. The van der Waals surface area contributed by atoms with Crippen LogP contribution in [0.4, 0.5) is 0 Å². The summed E-state index contributed by atoms with van der Waals surface area (Å²) in [7, 11) is 0. The van der Waals surface area contributed by atoms with Gasteiger partial charge in [0.25, 0.3) is 5.91 Å². The van der Waals surface area contributed by atoms with E-state index in [0.29, 0.717) is 15.8 Å². The Kier molecular flexibility index (Phi) is 4.84. The van der Waals surface area contributed by atoms with Gasteiger partial charge in [-0.05, 0) is 35.9 Å². The third-order valence-electron chi connectivity index (χ3n) is 3.38. The van der Waals surface area contributed by atoms with Crippen LogP contribution in [0.15, 0.2) is 42.5 Å². The molecule has 8 heteroatoms. The Balaban J connectivity index is 1.59. The number of nitrogens with one attached hydrogen (secondary N) is 2. The van der Waals surface area contributed by atoms with Crippen molar-refractivity contribution >= 4 is 40.5 Å². The van der Waals surface area contributed by atoms with Crippen LogP contribution in [0.1, 0.15) is 25.6 Å². The van der Waals surface area contributed by atoms with Crippen LogP contribution >= 0.6 is 22.9 Å². The first kappa shape index (κ1) is 16.5. The molecule has 0 saturated heterocycles. The molecule has 0 saturated carbocycles. The second-order valence-corrected chi connectivity index (χ2v) is 6.75. The van der Waals surface area contributed by atoms with Gasteiger partial charge in [0.15, 0.2) is 0 Å². The molecule has 0 radical (unpaired) electrons. The SMILES string of the molecule is O=C(O)c1ccc(C2=CC(CNC(=O)c3ccc(Cl)s3)ON2)cc1. The number of hydroxylamine groups is 1. The Hall–Kier alpha value is -2.35. The van der Waals surface area contributed by atoms with Crippen molar-refractivity contribution < 1.29 is 19.5 Å². The molecule has 3 rings (SSSR count). The molecule has 1 unspecified atom stereocenters. The van der Waals surface area contributed by atoms with Crippen molar-refractivity contribution in [1.82, 2.24) is 10.8 Å². The smallest absolute Gasteiger partial charge is 0.335 e. The van der Waals surface area contributed by atoms with Gasteiger partial charge < -0.3 is 10.4 Å². The average molecular weight is 365 g/mol. The molecule has 6 nitrogen and oxygen atoms in total. The number of thiophene rings is 1. The van der Waals surface area contributed by atoms with E-state index in [4.69, 9.17) is 21.5 Å². The van der Waals surface area contributed by atoms with E-state index in [1.165, 1.54) is 23.5 Å². The largest absolute Gasteiger partial charge is 0.478 e. The number of aromatic carboxylic acids is 1. The van der Waals surface area contributed by atoms with Crippen LogP contribution in [0.25, 0.3) is 5.70 Å². The minimum atomic E-state index is -0.972. The van der Waals surface area contributed by atoms with Crippen molar-refractivity contribution in [2.24, 2.45) is 0 Å². The van der Waals surface area contributed by atoms with Crippen LogP contribution in [0.2, 0.25) is 4.34 Å². The predicted molar refractivity (Wildman–Crippen MR) is 91.0 cm³/mol. The lowest BCUT2D eigenvalue weighted by Crippen LogP contribution is -2.31. The summed E-state index contributed by atoms with van der Waals surface area (Å²) in [4.78, 5) is 28.7. The normalized spacial score (nSPS) is 16.4. The van der Waals surface area contributed by atoms with Gasteiger partial charge in [0.1, 0.15) is 6.10 Å². The van der Waals surface area contributed by atoms with Crippen LogP contribution in [0.5, 0.6) is 0 Å². The van der Waals surface area contributed by atoms with Gasteiger partial charge in [-0.2, -0.15) is 0 Å². The molecule has 124 valence electrons. The molecule has 0 bridgehead atoms. The number of benzene rings is 1. The number of hydrogen-bond acceptors (Lipinski definition) is 5. The fourth-order valence-corrected chi connectivity index (χ4v) is 3.12. The van der Waals surface area contributed by atoms with Crippen molar-refractivity contribution in [2.75, 3.05) is 6.54 Å². The number of carbonyl (C=O) groups is 2. The molecule has 1 aliphatic rings. The summed E-state index contributed by atoms with van der Waals surface area (Å²) in [5, 5.41) is 11.7. The van der Waals surface area contributed by atoms with E-state index >= 15 is 0 Å². The Labute approximate surface area is 146 Å². The number of carbonyl (C=O) groups excluding carboxylic acids is 1. The second kappa shape index (κ2) is 7.04. The molecule has 3 N–H and O–H groups in total. The molecule has 2 aromatic rings. The molecular formula is C16H13ClN2O4S. The zero-order chi connectivity index (χ0) is 17.1. The first-order valence-electron chi connectivity index (χ1n) is 7.03. The van der Waals surface area contributed by atoms with Gasteiger partial charge in [-0.25, -0.2) is 4.79 Å². The molecule has 0 spiro atoms. The van der Waals surface area contributed by atoms with Gasteiger partial charge in [0.05, 0.1) is 27.0 Å².